The number of aliphatic imine (C=N–C) groups is 1. The summed E-state index contributed by atoms with van der Waals surface area (Å²) in [6.07, 6.45) is -4.63. The average molecular weight is 402 g/mol. The van der Waals surface area contributed by atoms with Crippen LogP contribution in [0.3, 0.4) is 0 Å². The second kappa shape index (κ2) is 8.18. The maximum Gasteiger partial charge on any atom is 0.418 e. The summed E-state index contributed by atoms with van der Waals surface area (Å²) in [6, 6.07) is 9.03. The first-order valence-corrected chi connectivity index (χ1v) is 8.68. The van der Waals surface area contributed by atoms with Crippen molar-refractivity contribution in [3.8, 4) is 0 Å². The fourth-order valence-corrected chi connectivity index (χ4v) is 3.04. The molecule has 3 nitrogen and oxygen atoms in total. The molecule has 2 N–H and O–H groups in total. The van der Waals surface area contributed by atoms with Gasteiger partial charge in [0.25, 0.3) is 0 Å². The van der Waals surface area contributed by atoms with Gasteiger partial charge in [-0.3, -0.25) is 0 Å². The molecule has 0 amide bonds. The lowest BCUT2D eigenvalue weighted by Crippen LogP contribution is -2.37. The summed E-state index contributed by atoms with van der Waals surface area (Å²) >= 11 is 5.59. The molecule has 1 unspecified atom stereocenters. The zero-order valence-corrected chi connectivity index (χ0v) is 15.1. The van der Waals surface area contributed by atoms with Crippen LogP contribution in [0.4, 0.5) is 28.9 Å². The molecule has 2 aromatic carbocycles. The number of nitrogens with zero attached hydrogens (tertiary/aromatic N) is 1. The molecule has 26 heavy (non-hydrogen) atoms. The van der Waals surface area contributed by atoms with Crippen LogP contribution in [0.2, 0.25) is 0 Å². The van der Waals surface area contributed by atoms with Gasteiger partial charge in [-0.15, -0.1) is 11.8 Å². The third-order valence-electron chi connectivity index (χ3n) is 3.22. The number of anilines is 1. The maximum absolute atomic E-state index is 13.1. The van der Waals surface area contributed by atoms with Gasteiger partial charge in [-0.25, -0.2) is 4.39 Å². The molecule has 0 radical (unpaired) electrons. The Morgan fingerprint density at radius 3 is 2.42 bits per heavy atom. The molecule has 0 aliphatic heterocycles. The van der Waals surface area contributed by atoms with Crippen molar-refractivity contribution in [3.05, 3.63) is 53.8 Å². The molecule has 0 bridgehead atoms. The second-order valence-corrected chi connectivity index (χ2v) is 6.81. The lowest BCUT2D eigenvalue weighted by molar-refractivity contribution is -0.137. The highest BCUT2D eigenvalue weighted by molar-refractivity contribution is 7.99. The fourth-order valence-electron chi connectivity index (χ4n) is 2.09. The Labute approximate surface area is 157 Å². The summed E-state index contributed by atoms with van der Waals surface area (Å²) in [4.78, 5) is 4.13. The number of halogens is 4. The molecule has 2 rings (SSSR count). The Balaban J connectivity index is 2.15. The van der Waals surface area contributed by atoms with Crippen molar-refractivity contribution in [1.29, 1.82) is 0 Å². The predicted molar refractivity (Wildman–Crippen MR) is 97.5 cm³/mol. The zero-order valence-electron chi connectivity index (χ0n) is 13.5. The first kappa shape index (κ1) is 20.4. The molecular formula is C17H14F4N2OS2. The van der Waals surface area contributed by atoms with Crippen LogP contribution in [-0.4, -0.2) is 21.7 Å². The minimum Gasteiger partial charge on any atom is -0.370 e. The number of nitrogens with one attached hydrogen (secondary N) is 1. The van der Waals surface area contributed by atoms with E-state index in [0.717, 1.165) is 17.0 Å². The number of aliphatic hydroxyl groups is 1. The Morgan fingerprint density at radius 1 is 1.19 bits per heavy atom. The first-order chi connectivity index (χ1) is 12.1. The summed E-state index contributed by atoms with van der Waals surface area (Å²) in [7, 11) is 0. The van der Waals surface area contributed by atoms with Gasteiger partial charge in [0.05, 0.1) is 16.4 Å². The van der Waals surface area contributed by atoms with E-state index < -0.39 is 17.5 Å². The van der Waals surface area contributed by atoms with E-state index in [1.54, 1.807) is 12.1 Å². The molecule has 0 fully saturated rings. The zero-order chi connectivity index (χ0) is 19.4. The van der Waals surface area contributed by atoms with Crippen molar-refractivity contribution in [3.63, 3.8) is 0 Å². The summed E-state index contributed by atoms with van der Waals surface area (Å²) in [6.45, 7) is 1.43. The topological polar surface area (TPSA) is 44.6 Å². The average Bonchev–Trinajstić information content (AvgIpc) is 2.55. The molecule has 2 aromatic rings. The Kier molecular flexibility index (Phi) is 6.41. The van der Waals surface area contributed by atoms with E-state index >= 15 is 0 Å². The number of rotatable bonds is 6. The maximum atomic E-state index is 13.1. The molecule has 0 aliphatic carbocycles. The van der Waals surface area contributed by atoms with Gasteiger partial charge in [-0.05, 0) is 61.6 Å². The van der Waals surface area contributed by atoms with Crippen molar-refractivity contribution in [2.24, 2.45) is 4.99 Å². The number of benzene rings is 2. The van der Waals surface area contributed by atoms with Crippen LogP contribution < -0.4 is 5.32 Å². The van der Waals surface area contributed by atoms with Gasteiger partial charge in [0.15, 0.2) is 0 Å². The van der Waals surface area contributed by atoms with Gasteiger partial charge >= 0.3 is 6.18 Å². The summed E-state index contributed by atoms with van der Waals surface area (Å²) in [5.41, 5.74) is -2.76. The van der Waals surface area contributed by atoms with Crippen LogP contribution in [-0.2, 0) is 6.18 Å². The van der Waals surface area contributed by atoms with E-state index in [2.05, 4.69) is 22.5 Å². The van der Waals surface area contributed by atoms with Gasteiger partial charge in [0.1, 0.15) is 11.5 Å². The first-order valence-electron chi connectivity index (χ1n) is 7.29. The van der Waals surface area contributed by atoms with Crippen molar-refractivity contribution in [2.75, 3.05) is 11.1 Å². The van der Waals surface area contributed by atoms with E-state index in [4.69, 9.17) is 0 Å². The monoisotopic (exact) mass is 402 g/mol. The summed E-state index contributed by atoms with van der Waals surface area (Å²) in [5, 5.41) is 15.0. The minimum atomic E-state index is -4.63. The highest BCUT2D eigenvalue weighted by Gasteiger charge is 2.34. The van der Waals surface area contributed by atoms with Gasteiger partial charge in [-0.1, -0.05) is 0 Å². The molecule has 0 saturated carbocycles. The number of thioether (sulfide) groups is 1. The van der Waals surface area contributed by atoms with E-state index in [9.17, 15) is 22.7 Å². The Bertz CT molecular complexity index is 817. The van der Waals surface area contributed by atoms with E-state index in [0.29, 0.717) is 0 Å². The smallest absolute Gasteiger partial charge is 0.370 e. The lowest BCUT2D eigenvalue weighted by Gasteiger charge is -2.26. The predicted octanol–water partition coefficient (Wildman–Crippen LogP) is 5.49. The normalized spacial score (nSPS) is 13.6. The van der Waals surface area contributed by atoms with Gasteiger partial charge < -0.3 is 10.4 Å². The van der Waals surface area contributed by atoms with Crippen molar-refractivity contribution in [2.45, 2.75) is 23.7 Å². The number of hydrogen-bond acceptors (Lipinski definition) is 5. The van der Waals surface area contributed by atoms with Crippen molar-refractivity contribution >= 4 is 40.5 Å². The molecule has 1 atom stereocenters. The molecule has 0 aromatic heterocycles. The van der Waals surface area contributed by atoms with E-state index in [1.807, 2.05) is 5.16 Å². The quantitative estimate of drug-likeness (QED) is 0.220. The van der Waals surface area contributed by atoms with Crippen LogP contribution in [0, 0.1) is 5.82 Å². The Morgan fingerprint density at radius 2 is 1.85 bits per heavy atom. The molecule has 0 heterocycles. The van der Waals surface area contributed by atoms with Crippen molar-refractivity contribution < 1.29 is 22.7 Å². The molecule has 0 aliphatic rings. The van der Waals surface area contributed by atoms with Crippen molar-refractivity contribution in [1.82, 2.24) is 0 Å². The van der Waals surface area contributed by atoms with E-state index in [-0.39, 0.29) is 22.9 Å². The molecule has 138 valence electrons. The Hall–Kier alpha value is -1.93. The summed E-state index contributed by atoms with van der Waals surface area (Å²) < 4.78 is 52.3. The lowest BCUT2D eigenvalue weighted by atomic mass is 10.1. The van der Waals surface area contributed by atoms with Crippen LogP contribution in [0.25, 0.3) is 0 Å². The second-order valence-electron chi connectivity index (χ2n) is 5.57. The van der Waals surface area contributed by atoms with Gasteiger partial charge in [0, 0.05) is 16.3 Å². The SMILES string of the molecule is CC(O)(CSc1ccc(F)cc1)Nc1ccc(N=C=S)c(C(F)(F)F)c1. The van der Waals surface area contributed by atoms with Crippen LogP contribution in [0.1, 0.15) is 12.5 Å². The highest BCUT2D eigenvalue weighted by Crippen LogP contribution is 2.38. The highest BCUT2D eigenvalue weighted by atomic mass is 32.2. The van der Waals surface area contributed by atoms with E-state index in [1.165, 1.54) is 36.9 Å². The third-order valence-corrected chi connectivity index (χ3v) is 4.62. The standard InChI is InChI=1S/C17H14F4N2OS2/c1-16(24,9-26-13-5-2-11(18)3-6-13)23-12-4-7-15(22-10-25)14(8-12)17(19,20)21/h2-8,23-24H,9H2,1H3. The van der Waals surface area contributed by atoms with Crippen LogP contribution in [0.5, 0.6) is 0 Å². The summed E-state index contributed by atoms with van der Waals surface area (Å²) in [5.74, 6) is -0.252. The van der Waals surface area contributed by atoms with Gasteiger partial charge in [-0.2, -0.15) is 18.2 Å². The molecular weight excluding hydrogens is 388 g/mol. The molecule has 9 heteroatoms. The largest absolute Gasteiger partial charge is 0.418 e. The fraction of sp³-hybridized carbons (Fsp3) is 0.235. The number of alkyl halides is 3. The minimum absolute atomic E-state index is 0.0744. The molecule has 0 saturated heterocycles. The van der Waals surface area contributed by atoms with Crippen LogP contribution in [0.15, 0.2) is 52.4 Å². The number of isothiocyanates is 1. The van der Waals surface area contributed by atoms with Crippen LogP contribution >= 0.6 is 24.0 Å². The molecule has 0 spiro atoms. The number of hydrogen-bond donors (Lipinski definition) is 2. The number of thiocarbonyl (C=S) groups is 1. The third kappa shape index (κ3) is 5.81. The van der Waals surface area contributed by atoms with Gasteiger partial charge in [0.2, 0.25) is 0 Å².